The second-order valence-corrected chi connectivity index (χ2v) is 15.0. The van der Waals surface area contributed by atoms with Crippen LogP contribution in [0, 0.1) is 0 Å². The van der Waals surface area contributed by atoms with Crippen LogP contribution in [0.25, 0.3) is 110 Å². The molecule has 0 atom stereocenters. The molecule has 0 unspecified atom stereocenters. The van der Waals surface area contributed by atoms with Gasteiger partial charge in [-0.15, -0.1) is 11.3 Å². The van der Waals surface area contributed by atoms with Crippen LogP contribution in [-0.2, 0) is 0 Å². The Morgan fingerprint density at radius 2 is 0.911 bits per heavy atom. The van der Waals surface area contributed by atoms with Crippen molar-refractivity contribution in [3.05, 3.63) is 188 Å². The lowest BCUT2D eigenvalue weighted by Gasteiger charge is -2.10. The van der Waals surface area contributed by atoms with Gasteiger partial charge in [-0.25, -0.2) is 15.0 Å². The van der Waals surface area contributed by atoms with Crippen LogP contribution in [-0.4, -0.2) is 15.0 Å². The summed E-state index contributed by atoms with van der Waals surface area (Å²) in [6, 6.07) is 65.6. The van der Waals surface area contributed by atoms with E-state index >= 15 is 0 Å². The largest absolute Gasteiger partial charge is 0.455 e. The molecule has 0 bridgehead atoms. The lowest BCUT2D eigenvalue weighted by atomic mass is 9.93. The Hall–Kier alpha value is -7.21. The molecule has 0 fully saturated rings. The molecule has 0 aliphatic heterocycles. The number of benzene rings is 8. The average Bonchev–Trinajstić information content (AvgIpc) is 3.86. The molecule has 0 N–H and O–H groups in total. The topological polar surface area (TPSA) is 51.8 Å². The SMILES string of the molecule is c1ccc(-c2ccc(-c3nc(-c4ccccc4)nc(-c4cccc5c4oc4cccc(-c6cc(-c7ccccc7)c7sc8ccccc8c7c6)c45)n3)cc2)cc1. The Labute approximate surface area is 327 Å². The Morgan fingerprint density at radius 1 is 0.357 bits per heavy atom. The minimum atomic E-state index is 0.560. The van der Waals surface area contributed by atoms with Crippen LogP contribution in [0.5, 0.6) is 0 Å². The van der Waals surface area contributed by atoms with Crippen molar-refractivity contribution in [3.8, 4) is 67.5 Å². The number of thiophene rings is 1. The fraction of sp³-hybridized carbons (Fsp3) is 0. The van der Waals surface area contributed by atoms with Crippen LogP contribution in [0.1, 0.15) is 0 Å². The standard InChI is InChI=1S/C51H31N3OS/c1-4-14-32(15-5-1)33-26-28-36(29-27-33)50-52-49(35-18-8-3-9-19-35)53-51(54-50)41-23-12-22-40-46-38(21-13-24-44(46)55-47(40)41)37-30-42(34-16-6-2-7-17-34)48-43(31-37)39-20-10-11-25-45(39)56-48/h1-31H. The van der Waals surface area contributed by atoms with Crippen LogP contribution < -0.4 is 0 Å². The van der Waals surface area contributed by atoms with E-state index < -0.39 is 0 Å². The number of furan rings is 1. The summed E-state index contributed by atoms with van der Waals surface area (Å²) in [4.78, 5) is 15.2. The van der Waals surface area contributed by atoms with Crippen molar-refractivity contribution in [2.45, 2.75) is 0 Å². The maximum absolute atomic E-state index is 6.82. The first kappa shape index (κ1) is 32.2. The van der Waals surface area contributed by atoms with Crippen LogP contribution in [0.15, 0.2) is 192 Å². The fourth-order valence-electron chi connectivity index (χ4n) is 7.86. The summed E-state index contributed by atoms with van der Waals surface area (Å²) < 4.78 is 9.39. The number of hydrogen-bond donors (Lipinski definition) is 0. The molecule has 5 heteroatoms. The van der Waals surface area contributed by atoms with Gasteiger partial charge in [0.2, 0.25) is 0 Å². The summed E-state index contributed by atoms with van der Waals surface area (Å²) in [5.41, 5.74) is 11.2. The van der Waals surface area contributed by atoms with E-state index in [0.717, 1.165) is 60.9 Å². The smallest absolute Gasteiger partial charge is 0.167 e. The molecule has 11 aromatic rings. The van der Waals surface area contributed by atoms with Gasteiger partial charge in [-0.2, -0.15) is 0 Å². The fourth-order valence-corrected chi connectivity index (χ4v) is 9.08. The lowest BCUT2D eigenvalue weighted by molar-refractivity contribution is 0.669. The van der Waals surface area contributed by atoms with E-state index in [1.165, 1.54) is 31.3 Å². The van der Waals surface area contributed by atoms with Crippen LogP contribution in [0.3, 0.4) is 0 Å². The van der Waals surface area contributed by atoms with Crippen molar-refractivity contribution in [3.63, 3.8) is 0 Å². The van der Waals surface area contributed by atoms with Gasteiger partial charge in [-0.3, -0.25) is 0 Å². The van der Waals surface area contributed by atoms with Crippen molar-refractivity contribution in [2.75, 3.05) is 0 Å². The Bertz CT molecular complexity index is 3230. The van der Waals surface area contributed by atoms with Gasteiger partial charge in [0.25, 0.3) is 0 Å². The molecule has 0 spiro atoms. The number of para-hydroxylation sites is 1. The molecular weight excluding hydrogens is 703 g/mol. The van der Waals surface area contributed by atoms with Gasteiger partial charge < -0.3 is 4.42 Å². The first-order valence-electron chi connectivity index (χ1n) is 18.7. The summed E-state index contributed by atoms with van der Waals surface area (Å²) in [7, 11) is 0. The molecule has 3 aromatic heterocycles. The minimum absolute atomic E-state index is 0.560. The van der Waals surface area contributed by atoms with Gasteiger partial charge in [0, 0.05) is 47.6 Å². The van der Waals surface area contributed by atoms with Gasteiger partial charge in [0.1, 0.15) is 11.2 Å². The predicted octanol–water partition coefficient (Wildman–Crippen LogP) is 14.1. The maximum atomic E-state index is 6.82. The zero-order valence-electron chi connectivity index (χ0n) is 30.1. The summed E-state index contributed by atoms with van der Waals surface area (Å²) >= 11 is 1.86. The van der Waals surface area contributed by atoms with Gasteiger partial charge in [-0.05, 0) is 58.1 Å². The summed E-state index contributed by atoms with van der Waals surface area (Å²) in [5.74, 6) is 1.77. The normalized spacial score (nSPS) is 11.6. The third kappa shape index (κ3) is 5.48. The highest BCUT2D eigenvalue weighted by atomic mass is 32.1. The number of hydrogen-bond acceptors (Lipinski definition) is 5. The molecule has 56 heavy (non-hydrogen) atoms. The van der Waals surface area contributed by atoms with E-state index in [-0.39, 0.29) is 0 Å². The van der Waals surface area contributed by atoms with Crippen LogP contribution in [0.2, 0.25) is 0 Å². The number of aromatic nitrogens is 3. The molecule has 8 aromatic carbocycles. The van der Waals surface area contributed by atoms with Crippen molar-refractivity contribution in [1.82, 2.24) is 15.0 Å². The van der Waals surface area contributed by atoms with E-state index in [1.807, 2.05) is 53.8 Å². The second-order valence-electron chi connectivity index (χ2n) is 13.9. The summed E-state index contributed by atoms with van der Waals surface area (Å²) in [6.45, 7) is 0. The first-order chi connectivity index (χ1) is 27.7. The third-order valence-electron chi connectivity index (χ3n) is 10.6. The molecule has 0 saturated carbocycles. The monoisotopic (exact) mass is 733 g/mol. The average molecular weight is 734 g/mol. The quantitative estimate of drug-likeness (QED) is 0.171. The Kier molecular flexibility index (Phi) is 7.64. The highest BCUT2D eigenvalue weighted by molar-refractivity contribution is 7.26. The molecular formula is C51H31N3OS. The molecule has 11 rings (SSSR count). The lowest BCUT2D eigenvalue weighted by Crippen LogP contribution is -2.00. The highest BCUT2D eigenvalue weighted by Gasteiger charge is 2.21. The third-order valence-corrected chi connectivity index (χ3v) is 11.8. The summed E-state index contributed by atoms with van der Waals surface area (Å²) in [6.07, 6.45) is 0. The van der Waals surface area contributed by atoms with E-state index in [2.05, 4.69) is 146 Å². The highest BCUT2D eigenvalue weighted by Crippen LogP contribution is 2.46. The van der Waals surface area contributed by atoms with Gasteiger partial charge in [0.05, 0.1) is 5.56 Å². The van der Waals surface area contributed by atoms with Crippen molar-refractivity contribution < 1.29 is 4.42 Å². The maximum Gasteiger partial charge on any atom is 0.167 e. The summed E-state index contributed by atoms with van der Waals surface area (Å²) in [5, 5.41) is 4.61. The number of nitrogens with zero attached hydrogens (tertiary/aromatic N) is 3. The van der Waals surface area contributed by atoms with Gasteiger partial charge in [-0.1, -0.05) is 158 Å². The zero-order chi connectivity index (χ0) is 37.0. The molecule has 4 nitrogen and oxygen atoms in total. The van der Waals surface area contributed by atoms with E-state index in [1.54, 1.807) is 0 Å². The molecule has 262 valence electrons. The number of rotatable bonds is 6. The predicted molar refractivity (Wildman–Crippen MR) is 233 cm³/mol. The Balaban J connectivity index is 1.10. The van der Waals surface area contributed by atoms with Crippen molar-refractivity contribution >= 4 is 53.4 Å². The van der Waals surface area contributed by atoms with Gasteiger partial charge in [0.15, 0.2) is 17.5 Å². The molecule has 0 saturated heterocycles. The minimum Gasteiger partial charge on any atom is -0.455 e. The number of fused-ring (bicyclic) bond motifs is 6. The van der Waals surface area contributed by atoms with Gasteiger partial charge >= 0.3 is 0 Å². The molecule has 3 heterocycles. The van der Waals surface area contributed by atoms with Crippen molar-refractivity contribution in [2.24, 2.45) is 0 Å². The van der Waals surface area contributed by atoms with E-state index in [4.69, 9.17) is 19.4 Å². The second kappa shape index (κ2) is 13.3. The Morgan fingerprint density at radius 3 is 1.66 bits per heavy atom. The van der Waals surface area contributed by atoms with E-state index in [9.17, 15) is 0 Å². The van der Waals surface area contributed by atoms with E-state index in [0.29, 0.717) is 17.5 Å². The van der Waals surface area contributed by atoms with Crippen LogP contribution >= 0.6 is 11.3 Å². The van der Waals surface area contributed by atoms with Crippen molar-refractivity contribution in [1.29, 1.82) is 0 Å². The first-order valence-corrected chi connectivity index (χ1v) is 19.5. The molecule has 0 amide bonds. The molecule has 0 radical (unpaired) electrons. The molecule has 0 aliphatic rings. The zero-order valence-corrected chi connectivity index (χ0v) is 30.9. The molecule has 0 aliphatic carbocycles. The van der Waals surface area contributed by atoms with Crippen LogP contribution in [0.4, 0.5) is 0 Å².